The van der Waals surface area contributed by atoms with Crippen molar-refractivity contribution < 1.29 is 5.11 Å². The summed E-state index contributed by atoms with van der Waals surface area (Å²) in [5.74, 6) is 0.802. The van der Waals surface area contributed by atoms with Crippen LogP contribution in [0, 0.1) is 0 Å². The summed E-state index contributed by atoms with van der Waals surface area (Å²) in [6, 6.07) is 79.0. The normalized spacial score (nSPS) is 11.5. The molecule has 2 heterocycles. The van der Waals surface area contributed by atoms with Gasteiger partial charge in [-0.2, -0.15) is 0 Å². The van der Waals surface area contributed by atoms with E-state index in [4.69, 9.17) is 9.97 Å². The molecule has 0 unspecified atom stereocenters. The topological polar surface area (TPSA) is 50.9 Å². The summed E-state index contributed by atoms with van der Waals surface area (Å²) in [6.45, 7) is 0. The molecule has 0 aliphatic heterocycles. The van der Waals surface area contributed by atoms with Gasteiger partial charge in [0, 0.05) is 28.1 Å². The number of aromatic hydroxyl groups is 1. The molecule has 1 N–H and O–H groups in total. The van der Waals surface area contributed by atoms with Crippen LogP contribution in [0.2, 0.25) is 0 Å². The second-order valence-electron chi connectivity index (χ2n) is 16.3. The van der Waals surface area contributed by atoms with E-state index in [0.717, 1.165) is 104 Å². The zero-order valence-electron chi connectivity index (χ0n) is 34.7. The van der Waals surface area contributed by atoms with Gasteiger partial charge in [-0.05, 0) is 108 Å². The van der Waals surface area contributed by atoms with Gasteiger partial charge in [0.1, 0.15) is 11.6 Å². The number of pyridine rings is 1. The molecule has 300 valence electrons. The molecular weight excluding hydrogens is 779 g/mol. The monoisotopic (exact) mass is 817 g/mol. The summed E-state index contributed by atoms with van der Waals surface area (Å²) < 4.78 is 2.27. The van der Waals surface area contributed by atoms with E-state index >= 15 is 0 Å². The number of rotatable bonds is 4. The van der Waals surface area contributed by atoms with Crippen LogP contribution in [-0.4, -0.2) is 19.6 Å². The lowest BCUT2D eigenvalue weighted by Gasteiger charge is -2.16. The van der Waals surface area contributed by atoms with E-state index in [-0.39, 0.29) is 5.75 Å². The number of phenols is 1. The Hall–Kier alpha value is -8.60. The van der Waals surface area contributed by atoms with Crippen LogP contribution in [0.25, 0.3) is 115 Å². The maximum absolute atomic E-state index is 11.7. The van der Waals surface area contributed by atoms with Crippen LogP contribution in [0.15, 0.2) is 231 Å². The van der Waals surface area contributed by atoms with Gasteiger partial charge in [-0.25, -0.2) is 4.98 Å². The Bertz CT molecular complexity index is 3910. The van der Waals surface area contributed by atoms with Crippen molar-refractivity contribution in [3.05, 3.63) is 231 Å². The summed E-state index contributed by atoms with van der Waals surface area (Å²) in [4.78, 5) is 10.6. The third-order valence-corrected chi connectivity index (χ3v) is 12.6. The molecule has 0 radical (unpaired) electrons. The van der Waals surface area contributed by atoms with Crippen molar-refractivity contribution in [2.24, 2.45) is 0 Å². The Morgan fingerprint density at radius 1 is 0.359 bits per heavy atom. The highest BCUT2D eigenvalue weighted by Gasteiger charge is 2.23. The van der Waals surface area contributed by atoms with Crippen molar-refractivity contribution in [2.45, 2.75) is 0 Å². The van der Waals surface area contributed by atoms with Crippen LogP contribution in [-0.2, 0) is 0 Å². The SMILES string of the molecule is Oc1ccccc1-c1nc2c3ccc(c4ccccc4c4cccc(c4)c4cccc(c4)c4ccccc4c4ccc3cc4-c3ccccn3)c2n1-c1ccccc1-c1ccccc1. The first-order chi connectivity index (χ1) is 31.7. The van der Waals surface area contributed by atoms with Crippen LogP contribution in [0.3, 0.4) is 0 Å². The summed E-state index contributed by atoms with van der Waals surface area (Å²) in [5, 5.41) is 24.8. The van der Waals surface area contributed by atoms with E-state index in [1.165, 1.54) is 0 Å². The first-order valence-corrected chi connectivity index (χ1v) is 21.6. The Labute approximate surface area is 369 Å². The fourth-order valence-electron chi connectivity index (χ4n) is 9.59. The summed E-state index contributed by atoms with van der Waals surface area (Å²) >= 11 is 0. The molecule has 0 saturated heterocycles. The Morgan fingerprint density at radius 2 is 0.922 bits per heavy atom. The minimum Gasteiger partial charge on any atom is -0.507 e. The standard InChI is InChI=1S/C60H39N3O/c64-57-30-11-9-27-53(57)60-62-58-48-33-34-52(59(58)63(60)56-29-10-8-24-47(56)39-16-2-1-3-17-39)50-26-7-5-23-46(50)43-21-15-19-41(37-43)40-18-14-20-42(36-40)45-22-4-6-25-49(45)51-32-31-44(48)38-54(51)55-28-12-13-35-61-55/h1-38,64H. The number of imidazole rings is 1. The van der Waals surface area contributed by atoms with Gasteiger partial charge in [-0.3, -0.25) is 9.55 Å². The highest BCUT2D eigenvalue weighted by molar-refractivity contribution is 6.20. The predicted octanol–water partition coefficient (Wildman–Crippen LogP) is 15.7. The molecule has 2 aromatic heterocycles. The molecule has 0 fully saturated rings. The van der Waals surface area contributed by atoms with Crippen LogP contribution in [0.5, 0.6) is 5.75 Å². The van der Waals surface area contributed by atoms with Gasteiger partial charge in [-0.15, -0.1) is 0 Å². The number of aromatic nitrogens is 3. The minimum absolute atomic E-state index is 0.159. The van der Waals surface area contributed by atoms with Crippen molar-refractivity contribution in [3.63, 3.8) is 0 Å². The average Bonchev–Trinajstić information content (AvgIpc) is 3.77. The largest absolute Gasteiger partial charge is 0.507 e. The molecule has 64 heavy (non-hydrogen) atoms. The summed E-state index contributed by atoms with van der Waals surface area (Å²) in [7, 11) is 0. The molecule has 0 aliphatic rings. The zero-order valence-corrected chi connectivity index (χ0v) is 34.7. The number of phenolic OH excluding ortho intramolecular Hbond substituents is 1. The maximum Gasteiger partial charge on any atom is 0.149 e. The van der Waals surface area contributed by atoms with Crippen molar-refractivity contribution in [3.8, 4) is 45.2 Å². The fourth-order valence-corrected chi connectivity index (χ4v) is 9.59. The molecule has 0 spiro atoms. The van der Waals surface area contributed by atoms with Crippen molar-refractivity contribution >= 4 is 75.7 Å². The first-order valence-electron chi connectivity index (χ1n) is 21.6. The van der Waals surface area contributed by atoms with Gasteiger partial charge in [0.15, 0.2) is 0 Å². The first kappa shape index (κ1) is 37.2. The fraction of sp³-hybridized carbons (Fsp3) is 0. The van der Waals surface area contributed by atoms with Crippen molar-refractivity contribution in [2.75, 3.05) is 0 Å². The van der Waals surface area contributed by atoms with Crippen LogP contribution >= 0.6 is 0 Å². The predicted molar refractivity (Wildman–Crippen MR) is 268 cm³/mol. The molecule has 15 aromatic rings. The number of hydrogen-bond acceptors (Lipinski definition) is 3. The van der Waals surface area contributed by atoms with Crippen molar-refractivity contribution in [1.82, 2.24) is 14.5 Å². The number of nitrogens with zero attached hydrogens (tertiary/aromatic N) is 3. The molecule has 0 saturated carbocycles. The molecule has 4 nitrogen and oxygen atoms in total. The van der Waals surface area contributed by atoms with E-state index in [0.29, 0.717) is 11.4 Å². The highest BCUT2D eigenvalue weighted by Crippen LogP contribution is 2.42. The molecule has 0 atom stereocenters. The second-order valence-corrected chi connectivity index (χ2v) is 16.3. The minimum atomic E-state index is 0.159. The molecule has 0 aliphatic carbocycles. The molecule has 8 bridgehead atoms. The van der Waals surface area contributed by atoms with Crippen LogP contribution < -0.4 is 0 Å². The molecular formula is C60H39N3O. The van der Waals surface area contributed by atoms with E-state index in [2.05, 4.69) is 193 Å². The quantitative estimate of drug-likeness (QED) is 0.192. The second kappa shape index (κ2) is 15.4. The third-order valence-electron chi connectivity index (χ3n) is 12.6. The lowest BCUT2D eigenvalue weighted by atomic mass is 9.96. The average molecular weight is 818 g/mol. The Morgan fingerprint density at radius 3 is 1.62 bits per heavy atom. The van der Waals surface area contributed by atoms with Gasteiger partial charge < -0.3 is 5.11 Å². The lowest BCUT2D eigenvalue weighted by Crippen LogP contribution is -2.00. The number of benzene rings is 9. The smallest absolute Gasteiger partial charge is 0.149 e. The molecule has 0 amide bonds. The third kappa shape index (κ3) is 6.23. The molecule has 13 aromatic carbocycles. The van der Waals surface area contributed by atoms with Gasteiger partial charge in [-0.1, -0.05) is 176 Å². The number of para-hydroxylation sites is 2. The number of hydrogen-bond donors (Lipinski definition) is 1. The molecule has 15 rings (SSSR count). The summed E-state index contributed by atoms with van der Waals surface area (Å²) in [6.07, 6.45) is 1.86. The van der Waals surface area contributed by atoms with E-state index in [9.17, 15) is 5.11 Å². The Kier molecular flexibility index (Phi) is 8.94. The van der Waals surface area contributed by atoms with Crippen LogP contribution in [0.4, 0.5) is 0 Å². The molecule has 4 heteroatoms. The van der Waals surface area contributed by atoms with Gasteiger partial charge in [0.2, 0.25) is 0 Å². The van der Waals surface area contributed by atoms with Gasteiger partial charge in [0.05, 0.1) is 28.0 Å². The van der Waals surface area contributed by atoms with E-state index < -0.39 is 0 Å². The van der Waals surface area contributed by atoms with E-state index in [1.54, 1.807) is 6.07 Å². The summed E-state index contributed by atoms with van der Waals surface area (Å²) in [5.41, 5.74) is 7.38. The maximum atomic E-state index is 11.7. The van der Waals surface area contributed by atoms with Gasteiger partial charge in [0.25, 0.3) is 0 Å². The highest BCUT2D eigenvalue weighted by atomic mass is 16.3. The van der Waals surface area contributed by atoms with Crippen LogP contribution in [0.1, 0.15) is 0 Å². The Balaban J connectivity index is 1.37. The zero-order chi connectivity index (χ0) is 42.6. The van der Waals surface area contributed by atoms with E-state index in [1.807, 2.05) is 36.5 Å². The lowest BCUT2D eigenvalue weighted by molar-refractivity contribution is 0.477. The van der Waals surface area contributed by atoms with Gasteiger partial charge >= 0.3 is 0 Å². The van der Waals surface area contributed by atoms with Crippen molar-refractivity contribution in [1.29, 1.82) is 0 Å².